The summed E-state index contributed by atoms with van der Waals surface area (Å²) in [6.07, 6.45) is 8.05. The third-order valence-electron chi connectivity index (χ3n) is 5.04. The summed E-state index contributed by atoms with van der Waals surface area (Å²) in [5.41, 5.74) is 1.10. The number of allylic oxidation sites excluding steroid dienone is 1. The van der Waals surface area contributed by atoms with Crippen LogP contribution >= 0.6 is 11.8 Å². The second-order valence-corrected chi connectivity index (χ2v) is 8.01. The van der Waals surface area contributed by atoms with Gasteiger partial charge in [-0.15, -0.1) is 16.8 Å². The van der Waals surface area contributed by atoms with Crippen LogP contribution in [-0.4, -0.2) is 26.4 Å². The van der Waals surface area contributed by atoms with Crippen LogP contribution in [0.1, 0.15) is 62.4 Å². The highest BCUT2D eigenvalue weighted by molar-refractivity contribution is 7.99. The first-order valence-electron chi connectivity index (χ1n) is 9.70. The SMILES string of the molecule is C=CCn1c(SCC(=O)N[C@@H](C)c2ccccc2)nnc1C1CCCCC1. The molecule has 1 aromatic heterocycles. The fourth-order valence-corrected chi connectivity index (χ4v) is 4.37. The summed E-state index contributed by atoms with van der Waals surface area (Å²) >= 11 is 1.45. The fraction of sp³-hybridized carbons (Fsp3) is 0.476. The van der Waals surface area contributed by atoms with E-state index in [1.807, 2.05) is 43.3 Å². The predicted molar refractivity (Wildman–Crippen MR) is 110 cm³/mol. The van der Waals surface area contributed by atoms with Gasteiger partial charge in [0.15, 0.2) is 5.16 Å². The Bertz CT molecular complexity index is 753. The van der Waals surface area contributed by atoms with E-state index in [-0.39, 0.29) is 11.9 Å². The average molecular weight is 385 g/mol. The van der Waals surface area contributed by atoms with Gasteiger partial charge in [-0.3, -0.25) is 4.79 Å². The van der Waals surface area contributed by atoms with E-state index in [1.54, 1.807) is 0 Å². The molecule has 0 saturated heterocycles. The van der Waals surface area contributed by atoms with Gasteiger partial charge in [0.1, 0.15) is 5.82 Å². The van der Waals surface area contributed by atoms with Gasteiger partial charge in [0.25, 0.3) is 0 Å². The van der Waals surface area contributed by atoms with Crippen LogP contribution in [0.4, 0.5) is 0 Å². The zero-order chi connectivity index (χ0) is 19.1. The standard InChI is InChI=1S/C21H28N4OS/c1-3-14-25-20(18-12-8-5-9-13-18)23-24-21(25)27-15-19(26)22-16(2)17-10-6-4-7-11-17/h3-4,6-7,10-11,16,18H,1,5,8-9,12-15H2,2H3,(H,22,26)/t16-/m0/s1. The molecule has 3 rings (SSSR count). The summed E-state index contributed by atoms with van der Waals surface area (Å²) in [4.78, 5) is 12.4. The molecule has 1 aliphatic rings. The monoisotopic (exact) mass is 384 g/mol. The van der Waals surface area contributed by atoms with Crippen LogP contribution in [-0.2, 0) is 11.3 Å². The first-order chi connectivity index (χ1) is 13.2. The lowest BCUT2D eigenvalue weighted by Crippen LogP contribution is -2.28. The highest BCUT2D eigenvalue weighted by Gasteiger charge is 2.23. The molecule has 1 N–H and O–H groups in total. The molecule has 0 spiro atoms. The Morgan fingerprint density at radius 2 is 2.04 bits per heavy atom. The Kier molecular flexibility index (Phi) is 7.10. The third-order valence-corrected chi connectivity index (χ3v) is 6.00. The van der Waals surface area contributed by atoms with Crippen molar-refractivity contribution in [3.8, 4) is 0 Å². The first kappa shape index (κ1) is 19.7. The number of hydrogen-bond donors (Lipinski definition) is 1. The van der Waals surface area contributed by atoms with Crippen molar-refractivity contribution < 1.29 is 4.79 Å². The Morgan fingerprint density at radius 1 is 1.30 bits per heavy atom. The molecule has 1 amide bonds. The lowest BCUT2D eigenvalue weighted by Gasteiger charge is -2.21. The molecule has 1 fully saturated rings. The largest absolute Gasteiger partial charge is 0.349 e. The summed E-state index contributed by atoms with van der Waals surface area (Å²) < 4.78 is 2.13. The van der Waals surface area contributed by atoms with Gasteiger partial charge in [-0.25, -0.2) is 0 Å². The molecule has 1 heterocycles. The molecule has 144 valence electrons. The van der Waals surface area contributed by atoms with E-state index in [9.17, 15) is 4.79 Å². The second kappa shape index (κ2) is 9.74. The highest BCUT2D eigenvalue weighted by atomic mass is 32.2. The molecule has 0 bridgehead atoms. The van der Waals surface area contributed by atoms with Gasteiger partial charge in [0, 0.05) is 12.5 Å². The maximum atomic E-state index is 12.4. The second-order valence-electron chi connectivity index (χ2n) is 7.06. The van der Waals surface area contributed by atoms with Gasteiger partial charge >= 0.3 is 0 Å². The number of benzene rings is 1. The van der Waals surface area contributed by atoms with E-state index in [1.165, 1.54) is 43.9 Å². The molecule has 27 heavy (non-hydrogen) atoms. The number of aromatic nitrogens is 3. The van der Waals surface area contributed by atoms with E-state index >= 15 is 0 Å². The average Bonchev–Trinajstić information content (AvgIpc) is 3.10. The molecule has 1 aliphatic carbocycles. The zero-order valence-electron chi connectivity index (χ0n) is 15.9. The van der Waals surface area contributed by atoms with Gasteiger partial charge in [0.2, 0.25) is 5.91 Å². The zero-order valence-corrected chi connectivity index (χ0v) is 16.8. The van der Waals surface area contributed by atoms with Gasteiger partial charge in [-0.05, 0) is 25.3 Å². The fourth-order valence-electron chi connectivity index (χ4n) is 3.61. The minimum Gasteiger partial charge on any atom is -0.349 e. The van der Waals surface area contributed by atoms with Crippen LogP contribution in [0.15, 0.2) is 48.1 Å². The van der Waals surface area contributed by atoms with E-state index in [0.29, 0.717) is 18.2 Å². The van der Waals surface area contributed by atoms with Crippen LogP contribution in [0, 0.1) is 0 Å². The van der Waals surface area contributed by atoms with Crippen molar-refractivity contribution in [3.63, 3.8) is 0 Å². The van der Waals surface area contributed by atoms with E-state index in [0.717, 1.165) is 16.5 Å². The van der Waals surface area contributed by atoms with E-state index in [4.69, 9.17) is 0 Å². The normalized spacial score (nSPS) is 16.0. The lowest BCUT2D eigenvalue weighted by atomic mass is 9.89. The number of hydrogen-bond acceptors (Lipinski definition) is 4. The van der Waals surface area contributed by atoms with Gasteiger partial charge in [-0.1, -0.05) is 67.4 Å². The van der Waals surface area contributed by atoms with Crippen LogP contribution in [0.5, 0.6) is 0 Å². The number of carbonyl (C=O) groups is 1. The number of thioether (sulfide) groups is 1. The van der Waals surface area contributed by atoms with Crippen molar-refractivity contribution in [2.24, 2.45) is 0 Å². The molecule has 0 unspecified atom stereocenters. The lowest BCUT2D eigenvalue weighted by molar-refractivity contribution is -0.119. The molecule has 2 aromatic rings. The number of amides is 1. The van der Waals surface area contributed by atoms with Gasteiger partial charge in [0.05, 0.1) is 11.8 Å². The van der Waals surface area contributed by atoms with Crippen molar-refractivity contribution in [1.29, 1.82) is 0 Å². The van der Waals surface area contributed by atoms with Gasteiger partial charge < -0.3 is 9.88 Å². The van der Waals surface area contributed by atoms with E-state index < -0.39 is 0 Å². The summed E-state index contributed by atoms with van der Waals surface area (Å²) in [6, 6.07) is 9.98. The third kappa shape index (κ3) is 5.22. The summed E-state index contributed by atoms with van der Waals surface area (Å²) in [5, 5.41) is 12.7. The molecular weight excluding hydrogens is 356 g/mol. The maximum Gasteiger partial charge on any atom is 0.230 e. The van der Waals surface area contributed by atoms with Crippen LogP contribution < -0.4 is 5.32 Å². The number of nitrogens with one attached hydrogen (secondary N) is 1. The Hall–Kier alpha value is -2.08. The maximum absolute atomic E-state index is 12.4. The molecular formula is C21H28N4OS. The molecule has 6 heteroatoms. The van der Waals surface area contributed by atoms with E-state index in [2.05, 4.69) is 26.7 Å². The van der Waals surface area contributed by atoms with Crippen LogP contribution in [0.3, 0.4) is 0 Å². The van der Waals surface area contributed by atoms with Crippen LogP contribution in [0.2, 0.25) is 0 Å². The Morgan fingerprint density at radius 3 is 2.74 bits per heavy atom. The van der Waals surface area contributed by atoms with Crippen molar-refractivity contribution >= 4 is 17.7 Å². The number of carbonyl (C=O) groups excluding carboxylic acids is 1. The summed E-state index contributed by atoms with van der Waals surface area (Å²) in [7, 11) is 0. The molecule has 1 aromatic carbocycles. The molecule has 1 atom stereocenters. The quantitative estimate of drug-likeness (QED) is 0.538. The molecule has 0 aliphatic heterocycles. The van der Waals surface area contributed by atoms with Crippen molar-refractivity contribution in [3.05, 3.63) is 54.4 Å². The number of rotatable bonds is 8. The number of nitrogens with zero attached hydrogens (tertiary/aromatic N) is 3. The highest BCUT2D eigenvalue weighted by Crippen LogP contribution is 2.33. The summed E-state index contributed by atoms with van der Waals surface area (Å²) in [5.74, 6) is 1.86. The Balaban J connectivity index is 1.60. The predicted octanol–water partition coefficient (Wildman–Crippen LogP) is 4.48. The van der Waals surface area contributed by atoms with Crippen molar-refractivity contribution in [2.45, 2.75) is 62.7 Å². The smallest absolute Gasteiger partial charge is 0.230 e. The summed E-state index contributed by atoms with van der Waals surface area (Å²) in [6.45, 7) is 6.55. The molecule has 5 nitrogen and oxygen atoms in total. The molecule has 0 radical (unpaired) electrons. The van der Waals surface area contributed by atoms with Gasteiger partial charge in [-0.2, -0.15) is 0 Å². The first-order valence-corrected chi connectivity index (χ1v) is 10.7. The van der Waals surface area contributed by atoms with Crippen molar-refractivity contribution in [2.75, 3.05) is 5.75 Å². The minimum absolute atomic E-state index is 0.00345. The van der Waals surface area contributed by atoms with Crippen molar-refractivity contribution in [1.82, 2.24) is 20.1 Å². The Labute approximate surface area is 165 Å². The van der Waals surface area contributed by atoms with Crippen LogP contribution in [0.25, 0.3) is 0 Å². The topological polar surface area (TPSA) is 59.8 Å². The molecule has 1 saturated carbocycles. The minimum atomic E-state index is -0.0110.